The Hall–Kier alpha value is -2.66. The lowest BCUT2D eigenvalue weighted by Crippen LogP contribution is -2.28. The maximum atomic E-state index is 11.9. The first-order chi connectivity index (χ1) is 11.8. The molecule has 0 saturated heterocycles. The van der Waals surface area contributed by atoms with Gasteiger partial charge in [0.2, 0.25) is 6.10 Å². The van der Waals surface area contributed by atoms with E-state index in [-0.39, 0.29) is 19.5 Å². The predicted molar refractivity (Wildman–Crippen MR) is 87.9 cm³/mol. The Bertz CT molecular complexity index is 612. The van der Waals surface area contributed by atoms with E-state index >= 15 is 0 Å². The molecule has 0 aromatic heterocycles. The fourth-order valence-corrected chi connectivity index (χ4v) is 2.22. The number of benzene rings is 2. The van der Waals surface area contributed by atoms with Gasteiger partial charge in [-0.05, 0) is 24.0 Å². The van der Waals surface area contributed by atoms with Crippen LogP contribution in [0.2, 0.25) is 0 Å². The van der Waals surface area contributed by atoms with Gasteiger partial charge in [0.1, 0.15) is 0 Å². The van der Waals surface area contributed by atoms with E-state index < -0.39 is 12.1 Å². The van der Waals surface area contributed by atoms with Crippen LogP contribution in [0.5, 0.6) is 0 Å². The lowest BCUT2D eigenvalue weighted by Gasteiger charge is -2.13. The molecule has 0 aliphatic carbocycles. The molecule has 2 aromatic carbocycles. The smallest absolute Gasteiger partial charge is 0.382 e. The van der Waals surface area contributed by atoms with Crippen LogP contribution in [0.3, 0.4) is 0 Å². The largest absolute Gasteiger partial charge is 0.452 e. The minimum atomic E-state index is -1.01. The molecule has 5 nitrogen and oxygen atoms in total. The van der Waals surface area contributed by atoms with Gasteiger partial charge in [-0.3, -0.25) is 9.68 Å². The molecule has 0 radical (unpaired) electrons. The minimum absolute atomic E-state index is 0.240. The summed E-state index contributed by atoms with van der Waals surface area (Å²) in [6.45, 7) is 0.518. The summed E-state index contributed by atoms with van der Waals surface area (Å²) in [6, 6.07) is 19.2. The summed E-state index contributed by atoms with van der Waals surface area (Å²) in [4.78, 5) is 32.2. The van der Waals surface area contributed by atoms with Crippen molar-refractivity contribution < 1.29 is 24.1 Å². The van der Waals surface area contributed by atoms with E-state index in [9.17, 15) is 9.59 Å². The number of ether oxygens (including phenoxy) is 1. The van der Waals surface area contributed by atoms with Crippen molar-refractivity contribution in [1.82, 2.24) is 0 Å². The van der Waals surface area contributed by atoms with E-state index in [0.29, 0.717) is 0 Å². The van der Waals surface area contributed by atoms with Gasteiger partial charge in [-0.1, -0.05) is 60.7 Å². The second-order valence-corrected chi connectivity index (χ2v) is 5.22. The van der Waals surface area contributed by atoms with Gasteiger partial charge < -0.3 is 4.74 Å². The second kappa shape index (κ2) is 10.2. The van der Waals surface area contributed by atoms with Crippen LogP contribution in [0, 0.1) is 0 Å². The van der Waals surface area contributed by atoms with Crippen LogP contribution in [0.4, 0.5) is 0 Å². The fraction of sp³-hybridized carbons (Fsp3) is 0.263. The van der Waals surface area contributed by atoms with Gasteiger partial charge in [0.05, 0.1) is 6.61 Å². The summed E-state index contributed by atoms with van der Waals surface area (Å²) in [5.74, 6) is -0.717. The van der Waals surface area contributed by atoms with E-state index in [1.165, 1.54) is 5.56 Å². The molecule has 0 aliphatic rings. The van der Waals surface area contributed by atoms with E-state index in [0.717, 1.165) is 18.4 Å². The molecular formula is C19H20O5. The van der Waals surface area contributed by atoms with Crippen molar-refractivity contribution in [3.8, 4) is 0 Å². The Kier molecular flexibility index (Phi) is 7.50. The van der Waals surface area contributed by atoms with Gasteiger partial charge in [-0.2, -0.15) is 4.89 Å². The monoisotopic (exact) mass is 328 g/mol. The first-order valence-electron chi connectivity index (χ1n) is 7.80. The number of carbonyl (C=O) groups excluding carboxylic acids is 2. The fourth-order valence-electron chi connectivity index (χ4n) is 2.22. The topological polar surface area (TPSA) is 61.8 Å². The third-order valence-electron chi connectivity index (χ3n) is 3.42. The van der Waals surface area contributed by atoms with Gasteiger partial charge in [0.25, 0.3) is 6.47 Å². The van der Waals surface area contributed by atoms with E-state index in [4.69, 9.17) is 14.5 Å². The Morgan fingerprint density at radius 2 is 1.58 bits per heavy atom. The molecule has 1 unspecified atom stereocenters. The molecule has 1 atom stereocenters. The minimum Gasteiger partial charge on any atom is -0.452 e. The summed E-state index contributed by atoms with van der Waals surface area (Å²) in [5.41, 5.74) is 2.06. The summed E-state index contributed by atoms with van der Waals surface area (Å²) >= 11 is 0. The maximum Gasteiger partial charge on any atom is 0.382 e. The number of hydrogen-bond acceptors (Lipinski definition) is 5. The van der Waals surface area contributed by atoms with Crippen molar-refractivity contribution in [2.45, 2.75) is 25.4 Å². The van der Waals surface area contributed by atoms with Crippen LogP contribution in [-0.4, -0.2) is 25.2 Å². The Morgan fingerprint density at radius 1 is 0.958 bits per heavy atom. The SMILES string of the molecule is O=COC(Cc1ccccc1)C(=O)OOCCCc1ccccc1. The summed E-state index contributed by atoms with van der Waals surface area (Å²) in [5, 5.41) is 0. The average Bonchev–Trinajstić information content (AvgIpc) is 2.62. The Morgan fingerprint density at radius 3 is 2.21 bits per heavy atom. The van der Waals surface area contributed by atoms with Crippen molar-refractivity contribution in [2.24, 2.45) is 0 Å². The third-order valence-corrected chi connectivity index (χ3v) is 3.42. The van der Waals surface area contributed by atoms with E-state index in [1.807, 2.05) is 60.7 Å². The number of hydrogen-bond donors (Lipinski definition) is 0. The number of carbonyl (C=O) groups is 2. The Balaban J connectivity index is 1.71. The van der Waals surface area contributed by atoms with Gasteiger partial charge in [-0.25, -0.2) is 4.79 Å². The molecule has 0 heterocycles. The maximum absolute atomic E-state index is 11.9. The molecule has 0 aliphatic heterocycles. The zero-order chi connectivity index (χ0) is 17.0. The van der Waals surface area contributed by atoms with Crippen molar-refractivity contribution >= 4 is 12.4 Å². The summed E-state index contributed by atoms with van der Waals surface area (Å²) in [6.07, 6.45) is 0.775. The summed E-state index contributed by atoms with van der Waals surface area (Å²) in [7, 11) is 0. The average molecular weight is 328 g/mol. The molecule has 0 N–H and O–H groups in total. The molecule has 5 heteroatoms. The predicted octanol–water partition coefficient (Wildman–Crippen LogP) is 2.88. The van der Waals surface area contributed by atoms with Crippen molar-refractivity contribution in [3.05, 3.63) is 71.8 Å². The van der Waals surface area contributed by atoms with Crippen LogP contribution >= 0.6 is 0 Å². The van der Waals surface area contributed by atoms with Crippen LogP contribution in [0.25, 0.3) is 0 Å². The molecule has 0 bridgehead atoms. The van der Waals surface area contributed by atoms with Crippen molar-refractivity contribution in [1.29, 1.82) is 0 Å². The van der Waals surface area contributed by atoms with Gasteiger partial charge in [0, 0.05) is 6.42 Å². The highest BCUT2D eigenvalue weighted by atomic mass is 17.2. The van der Waals surface area contributed by atoms with Crippen LogP contribution in [0.15, 0.2) is 60.7 Å². The molecular weight excluding hydrogens is 308 g/mol. The standard InChI is InChI=1S/C19H20O5/c20-15-22-18(14-17-10-5-2-6-11-17)19(21)24-23-13-7-12-16-8-3-1-4-9-16/h1-6,8-11,15,18H,7,12-14H2. The molecule has 126 valence electrons. The normalized spacial score (nSPS) is 11.5. The highest BCUT2D eigenvalue weighted by Gasteiger charge is 2.23. The molecule has 2 rings (SSSR count). The summed E-state index contributed by atoms with van der Waals surface area (Å²) < 4.78 is 4.80. The highest BCUT2D eigenvalue weighted by Crippen LogP contribution is 2.08. The van der Waals surface area contributed by atoms with Gasteiger partial charge >= 0.3 is 5.97 Å². The molecule has 0 spiro atoms. The first kappa shape index (κ1) is 17.7. The molecule has 24 heavy (non-hydrogen) atoms. The van der Waals surface area contributed by atoms with E-state index in [2.05, 4.69) is 0 Å². The second-order valence-electron chi connectivity index (χ2n) is 5.22. The van der Waals surface area contributed by atoms with Crippen LogP contribution in [-0.2, 0) is 36.9 Å². The van der Waals surface area contributed by atoms with Crippen LogP contribution in [0.1, 0.15) is 17.5 Å². The van der Waals surface area contributed by atoms with Crippen molar-refractivity contribution in [3.63, 3.8) is 0 Å². The number of rotatable bonds is 10. The molecule has 0 fully saturated rings. The van der Waals surface area contributed by atoms with Gasteiger partial charge in [-0.15, -0.1) is 0 Å². The van der Waals surface area contributed by atoms with Crippen LogP contribution < -0.4 is 0 Å². The molecule has 2 aromatic rings. The third kappa shape index (κ3) is 6.22. The molecule has 0 amide bonds. The van der Waals surface area contributed by atoms with Crippen molar-refractivity contribution in [2.75, 3.05) is 6.61 Å². The lowest BCUT2D eigenvalue weighted by atomic mass is 10.1. The van der Waals surface area contributed by atoms with E-state index in [1.54, 1.807) is 0 Å². The number of aryl methyl sites for hydroxylation is 1. The zero-order valence-electron chi connectivity index (χ0n) is 13.3. The zero-order valence-corrected chi connectivity index (χ0v) is 13.3. The lowest BCUT2D eigenvalue weighted by molar-refractivity contribution is -0.279. The first-order valence-corrected chi connectivity index (χ1v) is 7.80. The molecule has 0 saturated carbocycles. The highest BCUT2D eigenvalue weighted by molar-refractivity contribution is 5.75. The van der Waals surface area contributed by atoms with Gasteiger partial charge in [0.15, 0.2) is 0 Å². The Labute approximate surface area is 141 Å². The quantitative estimate of drug-likeness (QED) is 0.290.